The Bertz CT molecular complexity index is 1300. The standard InChI is InChI=1S/C13H18BrN5.C13H16F3N5O/c1-10-8-11(4-5-12(10)14)13(6-7-18(2)3)19-16-9-15-17-19;1-20(2)8-7-12(21-18-9-17-19-21)10-3-5-11(6-4-10)22-13(14,15)16/h4-5,8-9,13H,6-7H2,1-3H3;3-6,9,12H,7-8H2,1-2H3. The first kappa shape index (κ1) is 32.1. The van der Waals surface area contributed by atoms with Gasteiger partial charge in [0.15, 0.2) is 12.7 Å². The Hall–Kier alpha value is -3.43. The molecule has 0 aliphatic rings. The molecular formula is C26H34BrF3N10O. The molecule has 2 unspecified atom stereocenters. The fourth-order valence-electron chi connectivity index (χ4n) is 3.99. The quantitative estimate of drug-likeness (QED) is 0.236. The van der Waals surface area contributed by atoms with Gasteiger partial charge in [0.2, 0.25) is 0 Å². The molecule has 4 aromatic rings. The van der Waals surface area contributed by atoms with E-state index in [9.17, 15) is 13.2 Å². The van der Waals surface area contributed by atoms with E-state index in [1.165, 1.54) is 40.7 Å². The van der Waals surface area contributed by atoms with Crippen molar-refractivity contribution in [1.29, 1.82) is 0 Å². The summed E-state index contributed by atoms with van der Waals surface area (Å²) in [5, 5.41) is 23.6. The molecule has 0 aliphatic carbocycles. The zero-order valence-corrected chi connectivity index (χ0v) is 25.2. The van der Waals surface area contributed by atoms with Gasteiger partial charge in [-0.25, -0.2) is 0 Å². The van der Waals surface area contributed by atoms with E-state index < -0.39 is 6.36 Å². The fourth-order valence-corrected chi connectivity index (χ4v) is 4.24. The van der Waals surface area contributed by atoms with Gasteiger partial charge in [-0.1, -0.05) is 40.2 Å². The van der Waals surface area contributed by atoms with Crippen LogP contribution in [0.1, 0.15) is 41.6 Å². The van der Waals surface area contributed by atoms with Gasteiger partial charge in [0.1, 0.15) is 5.75 Å². The monoisotopic (exact) mass is 638 g/mol. The lowest BCUT2D eigenvalue weighted by atomic mass is 10.0. The van der Waals surface area contributed by atoms with Crippen LogP contribution in [-0.2, 0) is 0 Å². The van der Waals surface area contributed by atoms with Gasteiger partial charge in [-0.15, -0.1) is 33.6 Å². The summed E-state index contributed by atoms with van der Waals surface area (Å²) >= 11 is 3.53. The summed E-state index contributed by atoms with van der Waals surface area (Å²) in [7, 11) is 8.01. The highest BCUT2D eigenvalue weighted by molar-refractivity contribution is 9.10. The van der Waals surface area contributed by atoms with Crippen LogP contribution in [0.25, 0.3) is 0 Å². The third-order valence-corrected chi connectivity index (χ3v) is 6.94. The van der Waals surface area contributed by atoms with Gasteiger partial charge in [-0.3, -0.25) is 0 Å². The maximum Gasteiger partial charge on any atom is 0.573 e. The molecule has 0 aliphatic heterocycles. The molecule has 0 N–H and O–H groups in total. The van der Waals surface area contributed by atoms with Crippen molar-refractivity contribution >= 4 is 15.9 Å². The van der Waals surface area contributed by atoms with E-state index in [0.717, 1.165) is 29.5 Å². The van der Waals surface area contributed by atoms with E-state index in [1.807, 2.05) is 19.0 Å². The minimum absolute atomic E-state index is 0.122. The lowest BCUT2D eigenvalue weighted by Crippen LogP contribution is -2.21. The highest BCUT2D eigenvalue weighted by Gasteiger charge is 2.31. The van der Waals surface area contributed by atoms with Crippen molar-refractivity contribution in [2.24, 2.45) is 0 Å². The zero-order valence-electron chi connectivity index (χ0n) is 23.6. The third kappa shape index (κ3) is 10.5. The van der Waals surface area contributed by atoms with Crippen LogP contribution in [-0.4, -0.2) is 97.9 Å². The van der Waals surface area contributed by atoms with Crippen LogP contribution in [0.3, 0.4) is 0 Å². The number of hydrogen-bond acceptors (Lipinski definition) is 9. The summed E-state index contributed by atoms with van der Waals surface area (Å²) in [4.78, 5) is 7.30. The summed E-state index contributed by atoms with van der Waals surface area (Å²) in [5.41, 5.74) is 3.21. The number of aromatic nitrogens is 8. The summed E-state index contributed by atoms with van der Waals surface area (Å²) in [6.07, 6.45) is -0.245. The number of hydrogen-bond donors (Lipinski definition) is 0. The van der Waals surface area contributed by atoms with Gasteiger partial charge in [-0.05, 0) is 106 Å². The van der Waals surface area contributed by atoms with Crippen LogP contribution >= 0.6 is 15.9 Å². The van der Waals surface area contributed by atoms with Crippen LogP contribution in [0.4, 0.5) is 13.2 Å². The predicted molar refractivity (Wildman–Crippen MR) is 150 cm³/mol. The topological polar surface area (TPSA) is 103 Å². The van der Waals surface area contributed by atoms with Gasteiger partial charge in [0, 0.05) is 4.47 Å². The van der Waals surface area contributed by atoms with Crippen molar-refractivity contribution in [1.82, 2.24) is 50.2 Å². The molecule has 41 heavy (non-hydrogen) atoms. The molecule has 0 amide bonds. The van der Waals surface area contributed by atoms with Crippen molar-refractivity contribution in [3.8, 4) is 5.75 Å². The first-order valence-electron chi connectivity index (χ1n) is 12.8. The smallest absolute Gasteiger partial charge is 0.406 e. The van der Waals surface area contributed by atoms with E-state index >= 15 is 0 Å². The SMILES string of the molecule is CN(C)CCC(c1ccc(OC(F)(F)F)cc1)n1ncnn1.Cc1cc(C(CCN(C)C)n2ncnn2)ccc1Br. The van der Waals surface area contributed by atoms with Gasteiger partial charge < -0.3 is 14.5 Å². The summed E-state index contributed by atoms with van der Waals surface area (Å²) in [6, 6.07) is 12.0. The second-order valence-electron chi connectivity index (χ2n) is 9.85. The van der Waals surface area contributed by atoms with E-state index in [-0.39, 0.29) is 17.8 Å². The number of tetrazole rings is 2. The highest BCUT2D eigenvalue weighted by Crippen LogP contribution is 2.27. The average molecular weight is 640 g/mol. The molecule has 0 radical (unpaired) electrons. The molecule has 11 nitrogen and oxygen atoms in total. The average Bonchev–Trinajstić information content (AvgIpc) is 3.62. The van der Waals surface area contributed by atoms with E-state index in [4.69, 9.17) is 0 Å². The largest absolute Gasteiger partial charge is 0.573 e. The molecule has 0 saturated heterocycles. The maximum absolute atomic E-state index is 12.2. The number of alkyl halides is 3. The van der Waals surface area contributed by atoms with Crippen LogP contribution in [0.15, 0.2) is 59.6 Å². The molecule has 0 spiro atoms. The van der Waals surface area contributed by atoms with Crippen LogP contribution in [0.2, 0.25) is 0 Å². The molecular weight excluding hydrogens is 605 g/mol. The third-order valence-electron chi connectivity index (χ3n) is 6.05. The van der Waals surface area contributed by atoms with Crippen molar-refractivity contribution < 1.29 is 17.9 Å². The number of nitrogens with zero attached hydrogens (tertiary/aromatic N) is 10. The van der Waals surface area contributed by atoms with E-state index in [2.05, 4.69) is 95.6 Å². The Morgan fingerprint density at radius 2 is 1.29 bits per heavy atom. The number of ether oxygens (including phenoxy) is 1. The van der Waals surface area contributed by atoms with Crippen LogP contribution in [0, 0.1) is 6.92 Å². The minimum Gasteiger partial charge on any atom is -0.406 e. The number of halogens is 4. The minimum atomic E-state index is -4.70. The molecule has 222 valence electrons. The molecule has 2 atom stereocenters. The number of benzene rings is 2. The van der Waals surface area contributed by atoms with Crippen molar-refractivity contribution in [2.75, 3.05) is 41.3 Å². The lowest BCUT2D eigenvalue weighted by Gasteiger charge is -2.19. The second-order valence-corrected chi connectivity index (χ2v) is 10.7. The highest BCUT2D eigenvalue weighted by atomic mass is 79.9. The van der Waals surface area contributed by atoms with E-state index in [0.29, 0.717) is 6.42 Å². The van der Waals surface area contributed by atoms with Gasteiger partial charge >= 0.3 is 6.36 Å². The Labute approximate surface area is 245 Å². The molecule has 0 fully saturated rings. The van der Waals surface area contributed by atoms with Gasteiger partial charge in [0.25, 0.3) is 0 Å². The van der Waals surface area contributed by atoms with Gasteiger partial charge in [-0.2, -0.15) is 9.59 Å². The fraction of sp³-hybridized carbons (Fsp3) is 0.462. The van der Waals surface area contributed by atoms with Crippen molar-refractivity contribution in [3.63, 3.8) is 0 Å². The van der Waals surface area contributed by atoms with Crippen LogP contribution in [0.5, 0.6) is 5.75 Å². The van der Waals surface area contributed by atoms with E-state index in [1.54, 1.807) is 16.9 Å². The first-order valence-corrected chi connectivity index (χ1v) is 13.6. The molecule has 2 heterocycles. The summed E-state index contributed by atoms with van der Waals surface area (Å²) in [5.74, 6) is -0.255. The molecule has 0 saturated carbocycles. The molecule has 15 heteroatoms. The zero-order chi connectivity index (χ0) is 30.0. The maximum atomic E-state index is 12.2. The molecule has 4 rings (SSSR count). The molecule has 2 aromatic heterocycles. The van der Waals surface area contributed by atoms with Crippen LogP contribution < -0.4 is 4.74 Å². The summed E-state index contributed by atoms with van der Waals surface area (Å²) < 4.78 is 41.5. The number of aryl methyl sites for hydroxylation is 1. The second kappa shape index (κ2) is 15.0. The van der Waals surface area contributed by atoms with Gasteiger partial charge in [0.05, 0.1) is 12.1 Å². The summed E-state index contributed by atoms with van der Waals surface area (Å²) in [6.45, 7) is 3.83. The van der Waals surface area contributed by atoms with Crippen molar-refractivity contribution in [3.05, 3.63) is 76.3 Å². The molecule has 0 bridgehead atoms. The lowest BCUT2D eigenvalue weighted by molar-refractivity contribution is -0.274. The Kier molecular flexibility index (Phi) is 11.7. The normalized spacial score (nSPS) is 13.1. The molecule has 2 aromatic carbocycles. The Balaban J connectivity index is 0.000000228. The number of rotatable bonds is 11. The van der Waals surface area contributed by atoms with Crippen molar-refractivity contribution in [2.45, 2.75) is 38.2 Å². The predicted octanol–water partition coefficient (Wildman–Crippen LogP) is 4.40. The Morgan fingerprint density at radius 3 is 1.71 bits per heavy atom. The first-order chi connectivity index (χ1) is 19.4. The Morgan fingerprint density at radius 1 is 0.805 bits per heavy atom.